The van der Waals surface area contributed by atoms with Gasteiger partial charge < -0.3 is 9.84 Å². The van der Waals surface area contributed by atoms with E-state index in [0.29, 0.717) is 12.8 Å². The Morgan fingerprint density at radius 3 is 2.56 bits per heavy atom. The first-order valence-electron chi connectivity index (χ1n) is 6.45. The second-order valence-corrected chi connectivity index (χ2v) is 4.68. The predicted molar refractivity (Wildman–Crippen MR) is 71.2 cm³/mol. The van der Waals surface area contributed by atoms with Gasteiger partial charge in [-0.15, -0.1) is 0 Å². The summed E-state index contributed by atoms with van der Waals surface area (Å²) < 4.78 is 5.34. The van der Waals surface area contributed by atoms with Gasteiger partial charge in [-0.1, -0.05) is 37.3 Å². The molecule has 0 spiro atoms. The van der Waals surface area contributed by atoms with E-state index in [2.05, 4.69) is 19.1 Å². The van der Waals surface area contributed by atoms with Crippen LogP contribution in [0.15, 0.2) is 30.3 Å². The second-order valence-electron chi connectivity index (χ2n) is 4.68. The van der Waals surface area contributed by atoms with Crippen molar-refractivity contribution < 1.29 is 14.6 Å². The summed E-state index contributed by atoms with van der Waals surface area (Å²) in [6, 6.07) is 10.2. The van der Waals surface area contributed by atoms with Crippen LogP contribution in [0.4, 0.5) is 0 Å². The number of ether oxygens (including phenoxy) is 1. The minimum absolute atomic E-state index is 0.116. The standard InChI is InChI=1S/C15H22O3/c1-12(11-14-7-4-3-5-8-14)15(9-6-10-16)18-13(2)17/h3-5,7-8,12,15-16H,6,9-11H2,1-2H3/t12-,15+/m1/s1. The SMILES string of the molecule is CC(=O)O[C@@H](CCCO)[C@H](C)Cc1ccccc1. The zero-order chi connectivity index (χ0) is 13.4. The van der Waals surface area contributed by atoms with Gasteiger partial charge in [0, 0.05) is 13.5 Å². The Balaban J connectivity index is 2.57. The topological polar surface area (TPSA) is 46.5 Å². The summed E-state index contributed by atoms with van der Waals surface area (Å²) in [5.74, 6) is 0.000650. The third-order valence-corrected chi connectivity index (χ3v) is 3.00. The van der Waals surface area contributed by atoms with Gasteiger partial charge in [0.25, 0.3) is 0 Å². The van der Waals surface area contributed by atoms with E-state index in [1.54, 1.807) is 0 Å². The highest BCUT2D eigenvalue weighted by molar-refractivity contribution is 5.66. The van der Waals surface area contributed by atoms with E-state index in [-0.39, 0.29) is 24.6 Å². The predicted octanol–water partition coefficient (Wildman–Crippen LogP) is 2.57. The molecule has 0 unspecified atom stereocenters. The van der Waals surface area contributed by atoms with E-state index in [4.69, 9.17) is 9.84 Å². The van der Waals surface area contributed by atoms with Crippen molar-refractivity contribution >= 4 is 5.97 Å². The Morgan fingerprint density at radius 2 is 2.00 bits per heavy atom. The molecule has 100 valence electrons. The Kier molecular flexibility index (Phi) is 6.44. The monoisotopic (exact) mass is 250 g/mol. The van der Waals surface area contributed by atoms with Crippen molar-refractivity contribution in [2.75, 3.05) is 6.61 Å². The van der Waals surface area contributed by atoms with Gasteiger partial charge in [0.15, 0.2) is 0 Å². The fourth-order valence-electron chi connectivity index (χ4n) is 2.08. The summed E-state index contributed by atoms with van der Waals surface area (Å²) in [7, 11) is 0. The normalized spacial score (nSPS) is 13.9. The van der Waals surface area contributed by atoms with Crippen molar-refractivity contribution in [3.8, 4) is 0 Å². The van der Waals surface area contributed by atoms with Crippen molar-refractivity contribution in [2.45, 2.75) is 39.2 Å². The molecule has 0 radical (unpaired) electrons. The highest BCUT2D eigenvalue weighted by Crippen LogP contribution is 2.18. The molecule has 0 heterocycles. The Bertz CT molecular complexity index is 348. The lowest BCUT2D eigenvalue weighted by molar-refractivity contribution is -0.149. The zero-order valence-corrected chi connectivity index (χ0v) is 11.1. The summed E-state index contributed by atoms with van der Waals surface area (Å²) in [5, 5.41) is 8.88. The van der Waals surface area contributed by atoms with Crippen LogP contribution in [0.3, 0.4) is 0 Å². The van der Waals surface area contributed by atoms with Gasteiger partial charge in [-0.2, -0.15) is 0 Å². The van der Waals surface area contributed by atoms with E-state index in [9.17, 15) is 4.79 Å². The van der Waals surface area contributed by atoms with Gasteiger partial charge in [-0.05, 0) is 30.7 Å². The molecule has 3 nitrogen and oxygen atoms in total. The first kappa shape index (κ1) is 14.7. The van der Waals surface area contributed by atoms with Crippen LogP contribution in [0.25, 0.3) is 0 Å². The van der Waals surface area contributed by atoms with Crippen LogP contribution in [0.5, 0.6) is 0 Å². The van der Waals surface area contributed by atoms with Gasteiger partial charge in [0.1, 0.15) is 6.10 Å². The number of hydrogen-bond acceptors (Lipinski definition) is 3. The third kappa shape index (κ3) is 5.32. The molecule has 2 atom stereocenters. The largest absolute Gasteiger partial charge is 0.462 e. The molecule has 0 saturated carbocycles. The molecule has 18 heavy (non-hydrogen) atoms. The summed E-state index contributed by atoms with van der Waals surface area (Å²) in [4.78, 5) is 11.1. The minimum Gasteiger partial charge on any atom is -0.462 e. The Hall–Kier alpha value is -1.35. The van der Waals surface area contributed by atoms with Gasteiger partial charge in [0.05, 0.1) is 0 Å². The second kappa shape index (κ2) is 7.88. The van der Waals surface area contributed by atoms with Crippen molar-refractivity contribution in [3.05, 3.63) is 35.9 Å². The molecule has 0 amide bonds. The lowest BCUT2D eigenvalue weighted by atomic mass is 9.93. The van der Waals surface area contributed by atoms with Gasteiger partial charge >= 0.3 is 5.97 Å². The number of aliphatic hydroxyl groups excluding tert-OH is 1. The molecule has 0 aliphatic rings. The molecule has 0 saturated heterocycles. The molecular weight excluding hydrogens is 228 g/mol. The number of carbonyl (C=O) groups is 1. The summed E-state index contributed by atoms with van der Waals surface area (Å²) in [6.45, 7) is 3.65. The maximum atomic E-state index is 11.1. The van der Waals surface area contributed by atoms with Crippen LogP contribution < -0.4 is 0 Å². The number of benzene rings is 1. The van der Waals surface area contributed by atoms with Crippen LogP contribution in [0, 0.1) is 5.92 Å². The molecule has 0 aliphatic heterocycles. The van der Waals surface area contributed by atoms with E-state index in [1.165, 1.54) is 12.5 Å². The molecule has 0 bridgehead atoms. The van der Waals surface area contributed by atoms with E-state index in [1.807, 2.05) is 18.2 Å². The summed E-state index contributed by atoms with van der Waals surface area (Å²) >= 11 is 0. The van der Waals surface area contributed by atoms with Crippen molar-refractivity contribution in [3.63, 3.8) is 0 Å². The highest BCUT2D eigenvalue weighted by Gasteiger charge is 2.20. The minimum atomic E-state index is -0.252. The quantitative estimate of drug-likeness (QED) is 0.756. The van der Waals surface area contributed by atoms with Crippen molar-refractivity contribution in [1.82, 2.24) is 0 Å². The average Bonchev–Trinajstić information content (AvgIpc) is 2.35. The molecule has 1 aromatic carbocycles. The lowest BCUT2D eigenvalue weighted by Gasteiger charge is -2.23. The van der Waals surface area contributed by atoms with Crippen molar-refractivity contribution in [2.24, 2.45) is 5.92 Å². The fourth-order valence-corrected chi connectivity index (χ4v) is 2.08. The molecule has 0 aromatic heterocycles. The number of rotatable bonds is 7. The van der Waals surface area contributed by atoms with E-state index < -0.39 is 0 Å². The molecule has 1 N–H and O–H groups in total. The number of esters is 1. The van der Waals surface area contributed by atoms with Gasteiger partial charge in [-0.3, -0.25) is 4.79 Å². The fraction of sp³-hybridized carbons (Fsp3) is 0.533. The maximum Gasteiger partial charge on any atom is 0.302 e. The van der Waals surface area contributed by atoms with Crippen molar-refractivity contribution in [1.29, 1.82) is 0 Å². The summed E-state index contributed by atoms with van der Waals surface area (Å²) in [5.41, 5.74) is 1.24. The smallest absolute Gasteiger partial charge is 0.302 e. The summed E-state index contributed by atoms with van der Waals surface area (Å²) in [6.07, 6.45) is 2.14. The van der Waals surface area contributed by atoms with Crippen LogP contribution >= 0.6 is 0 Å². The van der Waals surface area contributed by atoms with Crippen LogP contribution in [-0.4, -0.2) is 23.8 Å². The molecule has 3 heteroatoms. The van der Waals surface area contributed by atoms with E-state index in [0.717, 1.165) is 6.42 Å². The highest BCUT2D eigenvalue weighted by atomic mass is 16.5. The number of hydrogen-bond donors (Lipinski definition) is 1. The first-order chi connectivity index (χ1) is 8.63. The van der Waals surface area contributed by atoms with Gasteiger partial charge in [-0.25, -0.2) is 0 Å². The average molecular weight is 250 g/mol. The Labute approximate surface area is 109 Å². The third-order valence-electron chi connectivity index (χ3n) is 3.00. The maximum absolute atomic E-state index is 11.1. The number of carbonyl (C=O) groups excluding carboxylic acids is 1. The van der Waals surface area contributed by atoms with Crippen LogP contribution in [-0.2, 0) is 16.0 Å². The van der Waals surface area contributed by atoms with Crippen LogP contribution in [0.2, 0.25) is 0 Å². The van der Waals surface area contributed by atoms with Crippen LogP contribution in [0.1, 0.15) is 32.3 Å². The van der Waals surface area contributed by atoms with Gasteiger partial charge in [0.2, 0.25) is 0 Å². The lowest BCUT2D eigenvalue weighted by Crippen LogP contribution is -2.26. The molecule has 0 fully saturated rings. The molecular formula is C15H22O3. The molecule has 0 aliphatic carbocycles. The number of aliphatic hydroxyl groups is 1. The Morgan fingerprint density at radius 1 is 1.33 bits per heavy atom. The zero-order valence-electron chi connectivity index (χ0n) is 11.1. The molecule has 1 aromatic rings. The first-order valence-corrected chi connectivity index (χ1v) is 6.45. The van der Waals surface area contributed by atoms with E-state index >= 15 is 0 Å². The molecule has 1 rings (SSSR count).